The van der Waals surface area contributed by atoms with Gasteiger partial charge in [0.15, 0.2) is 5.65 Å². The summed E-state index contributed by atoms with van der Waals surface area (Å²) < 4.78 is 7.54. The van der Waals surface area contributed by atoms with Gasteiger partial charge in [0.05, 0.1) is 11.8 Å². The Bertz CT molecular complexity index is 1120. The summed E-state index contributed by atoms with van der Waals surface area (Å²) in [5, 5.41) is 8.81. The van der Waals surface area contributed by atoms with Crippen LogP contribution in [-0.2, 0) is 4.74 Å². The first-order valence-electron chi connectivity index (χ1n) is 13.8. The van der Waals surface area contributed by atoms with Gasteiger partial charge in [0.25, 0.3) is 0 Å². The van der Waals surface area contributed by atoms with Crippen molar-refractivity contribution in [2.75, 3.05) is 30.4 Å². The maximum absolute atomic E-state index is 5.58. The minimum atomic E-state index is 0.378. The number of aliphatic imine (C=N–C) groups is 1. The Kier molecular flexibility index (Phi) is 8.83. The molecular weight excluding hydrogens is 448 g/mol. The SMILES string of the molecule is C=C(C)C(=N/C(C)=C(/C)CCCC)c1cc2nc(N3CCCC3)cc(NC3CCC(OC)CC3)n2n1. The molecule has 7 nitrogen and oxygen atoms in total. The lowest BCUT2D eigenvalue weighted by Crippen LogP contribution is -2.30. The first-order valence-corrected chi connectivity index (χ1v) is 13.8. The average molecular weight is 493 g/mol. The van der Waals surface area contributed by atoms with Crippen molar-refractivity contribution in [3.63, 3.8) is 0 Å². The number of hydrogen-bond acceptors (Lipinski definition) is 6. The van der Waals surface area contributed by atoms with Crippen molar-refractivity contribution in [2.24, 2.45) is 4.99 Å². The zero-order chi connectivity index (χ0) is 25.7. The van der Waals surface area contributed by atoms with Crippen molar-refractivity contribution >= 4 is 23.0 Å². The predicted octanol–water partition coefficient (Wildman–Crippen LogP) is 6.55. The highest BCUT2D eigenvalue weighted by atomic mass is 16.5. The van der Waals surface area contributed by atoms with Crippen LogP contribution in [-0.4, -0.2) is 52.7 Å². The third-order valence-electron chi connectivity index (χ3n) is 7.65. The molecule has 7 heteroatoms. The number of aromatic nitrogens is 3. The van der Waals surface area contributed by atoms with Crippen molar-refractivity contribution in [1.29, 1.82) is 0 Å². The van der Waals surface area contributed by atoms with Crippen LogP contribution in [0.25, 0.3) is 5.65 Å². The molecule has 2 aromatic rings. The topological polar surface area (TPSA) is 67.0 Å². The fourth-order valence-corrected chi connectivity index (χ4v) is 5.20. The van der Waals surface area contributed by atoms with Gasteiger partial charge in [-0.2, -0.15) is 9.61 Å². The number of allylic oxidation sites excluding steroid dienone is 3. The van der Waals surface area contributed by atoms with Crippen LogP contribution in [0.5, 0.6) is 0 Å². The summed E-state index contributed by atoms with van der Waals surface area (Å²) in [5.74, 6) is 2.03. The number of fused-ring (bicyclic) bond motifs is 1. The van der Waals surface area contributed by atoms with Crippen LogP contribution in [0.2, 0.25) is 0 Å². The molecule has 2 aliphatic rings. The lowest BCUT2D eigenvalue weighted by atomic mass is 9.93. The first kappa shape index (κ1) is 26.4. The van der Waals surface area contributed by atoms with Gasteiger partial charge in [-0.1, -0.05) is 25.5 Å². The molecule has 0 spiro atoms. The summed E-state index contributed by atoms with van der Waals surface area (Å²) >= 11 is 0. The minimum absolute atomic E-state index is 0.378. The number of nitrogens with zero attached hydrogens (tertiary/aromatic N) is 5. The van der Waals surface area contributed by atoms with Gasteiger partial charge in [-0.15, -0.1) is 0 Å². The largest absolute Gasteiger partial charge is 0.381 e. The van der Waals surface area contributed by atoms with Gasteiger partial charge in [0.1, 0.15) is 17.3 Å². The Hall–Kier alpha value is -2.67. The third kappa shape index (κ3) is 6.17. The second-order valence-electron chi connectivity index (χ2n) is 10.6. The van der Waals surface area contributed by atoms with E-state index in [4.69, 9.17) is 19.8 Å². The smallest absolute Gasteiger partial charge is 0.160 e. The Morgan fingerprint density at radius 3 is 2.50 bits per heavy atom. The Morgan fingerprint density at radius 1 is 1.14 bits per heavy atom. The average Bonchev–Trinajstić information content (AvgIpc) is 3.56. The number of rotatable bonds is 10. The van der Waals surface area contributed by atoms with Crippen molar-refractivity contribution in [3.8, 4) is 0 Å². The summed E-state index contributed by atoms with van der Waals surface area (Å²) in [5.41, 5.74) is 5.79. The highest BCUT2D eigenvalue weighted by molar-refractivity contribution is 6.11. The minimum Gasteiger partial charge on any atom is -0.381 e. The van der Waals surface area contributed by atoms with Crippen molar-refractivity contribution in [1.82, 2.24) is 14.6 Å². The van der Waals surface area contributed by atoms with Crippen LogP contribution in [0.4, 0.5) is 11.6 Å². The summed E-state index contributed by atoms with van der Waals surface area (Å²) in [7, 11) is 1.82. The molecule has 0 unspecified atom stereocenters. The molecular formula is C29H44N6O. The van der Waals surface area contributed by atoms with Crippen molar-refractivity contribution < 1.29 is 4.74 Å². The van der Waals surface area contributed by atoms with Gasteiger partial charge in [-0.25, -0.2) is 4.98 Å². The van der Waals surface area contributed by atoms with Gasteiger partial charge in [-0.05, 0) is 77.7 Å². The Labute approximate surface area is 216 Å². The number of nitrogens with one attached hydrogen (secondary N) is 1. The standard InChI is InChI=1S/C29H44N6O/c1-7-8-11-21(4)22(5)30-29(20(2)3)25-18-27-32-26(34-16-9-10-17-34)19-28(35(27)33-25)31-23-12-14-24(36-6)15-13-23/h18-19,23-24,31H,2,7-17H2,1,3-6H3/b22-21-,30-29?. The molecule has 0 atom stereocenters. The van der Waals surface area contributed by atoms with Gasteiger partial charge in [-0.3, -0.25) is 4.99 Å². The van der Waals surface area contributed by atoms with Gasteiger partial charge >= 0.3 is 0 Å². The lowest BCUT2D eigenvalue weighted by molar-refractivity contribution is 0.0681. The number of unbranched alkanes of at least 4 members (excludes halogenated alkanes) is 1. The molecule has 0 amide bonds. The fourth-order valence-electron chi connectivity index (χ4n) is 5.20. The van der Waals surface area contributed by atoms with E-state index >= 15 is 0 Å². The molecule has 2 aromatic heterocycles. The molecule has 1 N–H and O–H groups in total. The monoisotopic (exact) mass is 492 g/mol. The summed E-state index contributed by atoms with van der Waals surface area (Å²) in [6, 6.07) is 4.64. The molecule has 196 valence electrons. The molecule has 1 saturated carbocycles. The van der Waals surface area contributed by atoms with Crippen LogP contribution < -0.4 is 10.2 Å². The highest BCUT2D eigenvalue weighted by Gasteiger charge is 2.24. The Balaban J connectivity index is 1.71. The second-order valence-corrected chi connectivity index (χ2v) is 10.6. The predicted molar refractivity (Wildman–Crippen MR) is 150 cm³/mol. The fraction of sp³-hybridized carbons (Fsp3) is 0.621. The quantitative estimate of drug-likeness (QED) is 0.381. The van der Waals surface area contributed by atoms with Crippen molar-refractivity contribution in [3.05, 3.63) is 41.2 Å². The Morgan fingerprint density at radius 2 is 1.86 bits per heavy atom. The third-order valence-corrected chi connectivity index (χ3v) is 7.65. The first-order chi connectivity index (χ1) is 17.4. The molecule has 0 radical (unpaired) electrons. The van der Waals surface area contributed by atoms with Crippen molar-refractivity contribution in [2.45, 2.75) is 97.6 Å². The lowest BCUT2D eigenvalue weighted by Gasteiger charge is -2.29. The zero-order valence-electron chi connectivity index (χ0n) is 22.9. The second kappa shape index (κ2) is 12.0. The van der Waals surface area contributed by atoms with E-state index in [0.29, 0.717) is 12.1 Å². The molecule has 0 bridgehead atoms. The van der Waals surface area contributed by atoms with E-state index < -0.39 is 0 Å². The van der Waals surface area contributed by atoms with Crippen LogP contribution in [0.15, 0.2) is 40.5 Å². The van der Waals surface area contributed by atoms with E-state index in [1.54, 1.807) is 0 Å². The van der Waals surface area contributed by atoms with E-state index in [1.807, 2.05) is 18.5 Å². The van der Waals surface area contributed by atoms with E-state index in [9.17, 15) is 0 Å². The van der Waals surface area contributed by atoms with E-state index in [1.165, 1.54) is 31.3 Å². The molecule has 1 saturated heterocycles. The molecule has 3 heterocycles. The summed E-state index contributed by atoms with van der Waals surface area (Å²) in [6.45, 7) is 14.8. The maximum atomic E-state index is 5.58. The van der Waals surface area contributed by atoms with E-state index in [2.05, 4.69) is 49.7 Å². The number of hydrogen-bond donors (Lipinski definition) is 1. The van der Waals surface area contributed by atoms with Gasteiger partial charge in [0.2, 0.25) is 0 Å². The number of methoxy groups -OCH3 is 1. The maximum Gasteiger partial charge on any atom is 0.160 e. The molecule has 2 fully saturated rings. The molecule has 1 aliphatic heterocycles. The van der Waals surface area contributed by atoms with Crippen LogP contribution in [0.1, 0.15) is 91.2 Å². The van der Waals surface area contributed by atoms with Gasteiger partial charge in [0, 0.05) is 44.1 Å². The number of anilines is 2. The molecule has 36 heavy (non-hydrogen) atoms. The summed E-state index contributed by atoms with van der Waals surface area (Å²) in [6.07, 6.45) is 10.6. The zero-order valence-corrected chi connectivity index (χ0v) is 22.9. The van der Waals surface area contributed by atoms with Crippen LogP contribution in [0.3, 0.4) is 0 Å². The number of ether oxygens (including phenoxy) is 1. The molecule has 1 aliphatic carbocycles. The summed E-state index contributed by atoms with van der Waals surface area (Å²) in [4.78, 5) is 12.4. The van der Waals surface area contributed by atoms with E-state index in [-0.39, 0.29) is 0 Å². The highest BCUT2D eigenvalue weighted by Crippen LogP contribution is 2.28. The molecule has 4 rings (SSSR count). The van der Waals surface area contributed by atoms with Crippen LogP contribution >= 0.6 is 0 Å². The molecule has 0 aromatic carbocycles. The normalized spacial score (nSPS) is 21.7. The van der Waals surface area contributed by atoms with Gasteiger partial charge < -0.3 is 15.0 Å². The van der Waals surface area contributed by atoms with E-state index in [0.717, 1.165) is 85.2 Å². The van der Waals surface area contributed by atoms with Crippen LogP contribution in [0, 0.1) is 0 Å².